The number of Topliss-reactive ketones (excluding diaryl/α,β-unsaturated/α-hetero) is 5. The number of nitrogen functional groups attached to an aromatic ring is 5. The van der Waals surface area contributed by atoms with Crippen molar-refractivity contribution >= 4 is 330 Å². The van der Waals surface area contributed by atoms with Gasteiger partial charge in [-0.25, -0.2) is 49.8 Å². The molecule has 712 valence electrons. The number of anilines is 10. The minimum Gasteiger partial charge on any atom is -0.397 e. The number of carbonyl (C=O) groups is 6. The van der Waals surface area contributed by atoms with Crippen LogP contribution in [-0.2, 0) is 4.79 Å². The van der Waals surface area contributed by atoms with Gasteiger partial charge in [0.25, 0.3) is 0 Å². The van der Waals surface area contributed by atoms with Crippen LogP contribution in [-0.4, -0.2) is 173 Å². The number of carbonyl (C=O) groups excluding carboxylic acids is 6. The Labute approximate surface area is 849 Å². The summed E-state index contributed by atoms with van der Waals surface area (Å²) < 4.78 is 0. The molecule has 0 bridgehead atoms. The molecule has 0 aliphatic rings. The van der Waals surface area contributed by atoms with Crippen molar-refractivity contribution in [2.75, 3.05) is 94.8 Å². The predicted molar refractivity (Wildman–Crippen MR) is 563 cm³/mol. The Morgan fingerprint density at radius 2 is 0.630 bits per heavy atom. The predicted octanol–water partition coefficient (Wildman–Crippen LogP) is 20.8. The zero-order chi connectivity index (χ0) is 97.4. The van der Waals surface area contributed by atoms with Crippen LogP contribution >= 0.6 is 186 Å². The zero-order valence-corrected chi connectivity index (χ0v) is 84.4. The van der Waals surface area contributed by atoms with Crippen LogP contribution in [0.1, 0.15) is 125 Å². The molecule has 10 aromatic heterocycles. The minimum atomic E-state index is -0.631. The van der Waals surface area contributed by atoms with E-state index in [1.54, 1.807) is 105 Å². The van der Waals surface area contributed by atoms with E-state index in [0.29, 0.717) is 234 Å². The number of thiophene rings is 5. The maximum absolute atomic E-state index is 11.9. The van der Waals surface area contributed by atoms with Crippen LogP contribution in [0.2, 0.25) is 50.2 Å². The molecule has 0 aliphatic heterocycles. The largest absolute Gasteiger partial charge is 0.397 e. The first kappa shape index (κ1) is 109. The summed E-state index contributed by atoms with van der Waals surface area (Å²) in [5.41, 5.74) is 43.3. The first-order valence-electron chi connectivity index (χ1n) is 39.4. The molecule has 0 saturated heterocycles. The second-order valence-electron chi connectivity index (χ2n) is 30.0. The van der Waals surface area contributed by atoms with E-state index in [2.05, 4.69) is 76.4 Å². The van der Waals surface area contributed by atoms with Crippen molar-refractivity contribution in [1.29, 1.82) is 0 Å². The van der Waals surface area contributed by atoms with Gasteiger partial charge in [0.1, 0.15) is 24.2 Å². The molecule has 135 heavy (non-hydrogen) atoms. The number of primary amides is 1. The highest BCUT2D eigenvalue weighted by molar-refractivity contribution is 7.59. The van der Waals surface area contributed by atoms with Crippen LogP contribution in [0, 0.1) is 0 Å². The highest BCUT2D eigenvalue weighted by Gasteiger charge is 2.30. The molecule has 48 heteroatoms. The van der Waals surface area contributed by atoms with Gasteiger partial charge in [-0.1, -0.05) is 154 Å². The molecule has 0 fully saturated rings. The fourth-order valence-corrected chi connectivity index (χ4v) is 18.9. The minimum absolute atomic E-state index is 0. The number of nitrogens with zero attached hydrogens (tertiary/aromatic N) is 10. The lowest BCUT2D eigenvalue weighted by atomic mass is 10.1. The Kier molecular flexibility index (Phi) is 37.9. The van der Waals surface area contributed by atoms with Crippen LogP contribution in [0.25, 0.3) is 107 Å². The third-order valence-corrected chi connectivity index (χ3v) is 28.7. The first-order valence-corrected chi connectivity index (χ1v) is 47.2. The lowest BCUT2D eigenvalue weighted by Gasteiger charge is -2.23. The summed E-state index contributed by atoms with van der Waals surface area (Å²) in [5, 5.41) is 68.7. The highest BCUT2D eigenvalue weighted by Crippen LogP contribution is 2.47. The van der Waals surface area contributed by atoms with Crippen molar-refractivity contribution in [1.82, 2.24) is 49.8 Å². The summed E-state index contributed by atoms with van der Waals surface area (Å²) in [4.78, 5) is 120. The number of fused-ring (bicyclic) bond motifs is 5. The molecule has 10 heterocycles. The van der Waals surface area contributed by atoms with E-state index >= 15 is 0 Å². The Morgan fingerprint density at radius 1 is 0.378 bits per heavy atom. The van der Waals surface area contributed by atoms with E-state index in [-0.39, 0.29) is 108 Å². The number of aliphatic hydroxyl groups is 5. The second-order valence-corrected chi connectivity index (χ2v) is 39.1. The number of nitrogens with two attached hydrogens (primary N) is 6. The number of ketones is 5. The Balaban J connectivity index is 0.000000189. The number of hydrogen-bond acceptors (Lipinski definition) is 36. The summed E-state index contributed by atoms with van der Waals surface area (Å²) in [6, 6.07) is 24.7. The van der Waals surface area contributed by atoms with Gasteiger partial charge in [-0.15, -0.1) is 56.7 Å². The van der Waals surface area contributed by atoms with Crippen molar-refractivity contribution in [2.45, 2.75) is 99.9 Å². The van der Waals surface area contributed by atoms with E-state index in [1.165, 1.54) is 80.0 Å². The molecule has 0 spiro atoms. The van der Waals surface area contributed by atoms with Crippen molar-refractivity contribution in [3.8, 4) is 56.3 Å². The third kappa shape index (κ3) is 25.8. The van der Waals surface area contributed by atoms with Gasteiger partial charge in [0.2, 0.25) is 35.6 Å². The maximum atomic E-state index is 11.9. The quantitative estimate of drug-likeness (QED) is 0.0213. The number of benzene rings is 5. The Bertz CT molecular complexity index is 7070. The number of aromatic nitrogens is 10. The summed E-state index contributed by atoms with van der Waals surface area (Å²) in [7, 11) is 0. The van der Waals surface area contributed by atoms with Gasteiger partial charge in [0.15, 0.2) is 28.9 Å². The van der Waals surface area contributed by atoms with Crippen LogP contribution in [0.3, 0.4) is 0 Å². The summed E-state index contributed by atoms with van der Waals surface area (Å²) in [5.74, 6) is 0.286. The number of hydrogen-bond donors (Lipinski definition) is 16. The van der Waals surface area contributed by atoms with Gasteiger partial charge >= 0.3 is 0 Å². The normalized spacial score (nSPS) is 11.6. The topological polar surface area (TPSA) is 549 Å². The van der Waals surface area contributed by atoms with Crippen molar-refractivity contribution in [3.05, 3.63) is 166 Å². The van der Waals surface area contributed by atoms with E-state index in [0.717, 1.165) is 11.3 Å². The van der Waals surface area contributed by atoms with E-state index < -0.39 is 23.6 Å². The molecular weight excluding hydrogens is 2060 g/mol. The summed E-state index contributed by atoms with van der Waals surface area (Å²) in [6.45, 7) is 14.1. The van der Waals surface area contributed by atoms with Gasteiger partial charge in [-0.05, 0) is 88.4 Å². The molecular formula is C87H87Cl10N21O11S6. The molecule has 15 rings (SSSR count). The number of halogens is 10. The average molecular weight is 2150 g/mol. The standard InChI is InChI=1S/C18H18Cl2N4O2S.C17H15Cl2N5O2S.C17H16Cl2N4O3S.2C17H16Cl2N4O2S.CH4.H2S/c1-8(26)15-13(21)12-14(9-4-5-10(19)11(20)6-9)22-17(23-16(12)27-15)24-18(2,3)7-25;1-7(25)15-13(21)12-14(8-2-3-9(18)10(19)6-8)23-17(24-16(12)27-15)22-5-4-11(20)26;1-7(26)15-13(20)12-14(8-2-3-10(18)11(19)4-8)22-17(23-16(12)27-15)21-9(5-24)6-25;1-7(6-24)21-17-22-14(9-3-4-10(18)11(19)5-9)12-13(20)15(8(2)25)26-16(12)23-17;1-7(24)6-21-17-22-14(9-3-4-10(18)11(19)5-9)12-13(20)15(8(2)25)26-16(12)23-17;;/h4-6,25H,7,21H2,1-3H3,(H,22,23,24);2-3,6H,4-5,21H2,1H3,(H2,20,26)(H,22,23,24);2-4,9,24-25H,5-6,20H2,1H3,(H,21,22,23);2*3-5,7,24H,6,20H2,1-2H3,(H,21,22,23);1H4;1H2/t;;;2*7-;;/m...10../s1. The van der Waals surface area contributed by atoms with Crippen LogP contribution in [0.5, 0.6) is 0 Å². The maximum Gasteiger partial charge on any atom is 0.225 e. The van der Waals surface area contributed by atoms with E-state index in [4.69, 9.17) is 150 Å². The summed E-state index contributed by atoms with van der Waals surface area (Å²) in [6.07, 6.45) is -0.432. The number of rotatable bonds is 27. The molecule has 32 nitrogen and oxygen atoms in total. The van der Waals surface area contributed by atoms with Gasteiger partial charge in [-0.2, -0.15) is 13.5 Å². The monoisotopic (exact) mass is 2140 g/mol. The molecule has 5 aromatic carbocycles. The van der Waals surface area contributed by atoms with Crippen LogP contribution < -0.4 is 61.0 Å². The second kappa shape index (κ2) is 47.0. The zero-order valence-electron chi connectivity index (χ0n) is 71.8. The molecule has 1 amide bonds. The van der Waals surface area contributed by atoms with Crippen molar-refractivity contribution < 1.29 is 54.3 Å². The molecule has 2 atom stereocenters. The SMILES string of the molecule is C.CC(=O)c1sc2nc(NC(C)(C)CO)nc(-c3ccc(Cl)c(Cl)c3)c2c1N.CC(=O)c1sc2nc(NC(CO)CO)nc(-c3ccc(Cl)c(Cl)c3)c2c1N.CC(=O)c1sc2nc(NCCC(N)=O)nc(-c3ccc(Cl)c(Cl)c3)c2c1N.CC(=O)c1sc2nc(NC[C@H](C)O)nc(-c3ccc(Cl)c(Cl)c3)c2c1N.CC(=O)c1sc2nc(N[C@H](C)CO)nc(-c3ccc(Cl)c(Cl)c3)c2c1N.S. The van der Waals surface area contributed by atoms with Crippen molar-refractivity contribution in [2.24, 2.45) is 5.73 Å². The average Bonchev–Trinajstić information content (AvgIpc) is 1.64. The van der Waals surface area contributed by atoms with Gasteiger partial charge in [-0.3, -0.25) is 28.8 Å². The number of aliphatic hydroxyl groups excluding tert-OH is 5. The fraction of sp³-hybridized carbons (Fsp3) is 0.241. The summed E-state index contributed by atoms with van der Waals surface area (Å²) >= 11 is 66.8. The third-order valence-electron chi connectivity index (χ3n) is 19.0. The van der Waals surface area contributed by atoms with Crippen molar-refractivity contribution in [3.63, 3.8) is 0 Å². The van der Waals surface area contributed by atoms with Gasteiger partial charge in [0.05, 0.1) is 203 Å². The first-order chi connectivity index (χ1) is 62.8. The molecule has 0 saturated carbocycles. The number of amides is 1. The smallest absolute Gasteiger partial charge is 0.225 e. The van der Waals surface area contributed by atoms with Gasteiger partial charge < -0.3 is 86.5 Å². The van der Waals surface area contributed by atoms with Gasteiger partial charge in [0, 0.05) is 88.0 Å². The molecule has 0 radical (unpaired) electrons. The number of nitrogens with one attached hydrogen (secondary N) is 5. The molecule has 15 aromatic rings. The van der Waals surface area contributed by atoms with Crippen LogP contribution in [0.15, 0.2) is 91.0 Å². The lowest BCUT2D eigenvalue weighted by molar-refractivity contribution is -0.117. The molecule has 0 aliphatic carbocycles. The Hall–Kier alpha value is -9.83. The fourth-order valence-electron chi connectivity index (χ4n) is 12.5. The molecule has 22 N–H and O–H groups in total. The highest BCUT2D eigenvalue weighted by atomic mass is 35.5. The van der Waals surface area contributed by atoms with E-state index in [9.17, 15) is 54.3 Å². The Morgan fingerprint density at radius 3 is 0.874 bits per heavy atom. The van der Waals surface area contributed by atoms with E-state index in [1.807, 2.05) is 13.8 Å². The van der Waals surface area contributed by atoms with Crippen LogP contribution in [0.4, 0.5) is 58.2 Å². The molecule has 0 unspecified atom stereocenters. The lowest BCUT2D eigenvalue weighted by Crippen LogP contribution is -2.35.